The van der Waals surface area contributed by atoms with E-state index in [1.54, 1.807) is 7.11 Å². The quantitative estimate of drug-likeness (QED) is 0.442. The molecule has 0 amide bonds. The lowest BCUT2D eigenvalue weighted by molar-refractivity contribution is -0.142. The summed E-state index contributed by atoms with van der Waals surface area (Å²) in [5.41, 5.74) is 3.46. The summed E-state index contributed by atoms with van der Waals surface area (Å²) in [4.78, 5) is 12.5. The third-order valence-electron chi connectivity index (χ3n) is 6.52. The highest BCUT2D eigenvalue weighted by Crippen LogP contribution is 2.56. The zero-order valence-electron chi connectivity index (χ0n) is 15.1. The molecule has 3 nitrogen and oxygen atoms in total. The van der Waals surface area contributed by atoms with Crippen LogP contribution < -0.4 is 4.74 Å². The van der Waals surface area contributed by atoms with Gasteiger partial charge in [0.25, 0.3) is 0 Å². The van der Waals surface area contributed by atoms with Gasteiger partial charge in [0.1, 0.15) is 11.9 Å². The van der Waals surface area contributed by atoms with Gasteiger partial charge in [0.05, 0.1) is 7.11 Å². The number of methoxy groups -OCH3 is 1. The van der Waals surface area contributed by atoms with Crippen LogP contribution in [0.1, 0.15) is 44.6 Å². The van der Waals surface area contributed by atoms with E-state index in [-0.39, 0.29) is 23.4 Å². The molecule has 1 saturated heterocycles. The van der Waals surface area contributed by atoms with Gasteiger partial charge in [-0.25, -0.2) is 4.79 Å². The van der Waals surface area contributed by atoms with Crippen molar-refractivity contribution in [3.05, 3.63) is 47.6 Å². The molecule has 0 radical (unpaired) electrons. The summed E-state index contributed by atoms with van der Waals surface area (Å²) in [5.74, 6) is 1.39. The van der Waals surface area contributed by atoms with E-state index in [0.29, 0.717) is 5.92 Å². The van der Waals surface area contributed by atoms with Crippen LogP contribution in [0.4, 0.5) is 0 Å². The average Bonchev–Trinajstić information content (AvgIpc) is 2.88. The standard InChI is InChI=1S/C22H26O3/c1-14-5-4-10-22(2)13-20-17(12-19(14)22)18(21(23)25-20)11-15-6-8-16(24-3)9-7-15/h6-9,11,17,19-20H,1,4-5,10,12-13H2,2-3H3/b18-11-/t17-,19+,20-,22-/m1/s1. The van der Waals surface area contributed by atoms with E-state index in [1.165, 1.54) is 18.4 Å². The molecule has 1 heterocycles. The van der Waals surface area contributed by atoms with Gasteiger partial charge in [0, 0.05) is 11.5 Å². The van der Waals surface area contributed by atoms with Crippen LogP contribution in [0.3, 0.4) is 0 Å². The fourth-order valence-electron chi connectivity index (χ4n) is 5.12. The Morgan fingerprint density at radius 1 is 1.32 bits per heavy atom. The van der Waals surface area contributed by atoms with Crippen molar-refractivity contribution in [3.63, 3.8) is 0 Å². The highest BCUT2D eigenvalue weighted by molar-refractivity contribution is 5.96. The van der Waals surface area contributed by atoms with Crippen LogP contribution in [-0.4, -0.2) is 19.2 Å². The lowest BCUT2D eigenvalue weighted by Gasteiger charge is -2.49. The summed E-state index contributed by atoms with van der Waals surface area (Å²) < 4.78 is 11.0. The number of rotatable bonds is 2. The van der Waals surface area contributed by atoms with Gasteiger partial charge < -0.3 is 9.47 Å². The summed E-state index contributed by atoms with van der Waals surface area (Å²) in [6.07, 6.45) is 7.55. The van der Waals surface area contributed by atoms with Gasteiger partial charge in [-0.15, -0.1) is 0 Å². The highest BCUT2D eigenvalue weighted by atomic mass is 16.6. The summed E-state index contributed by atoms with van der Waals surface area (Å²) in [7, 11) is 1.66. The van der Waals surface area contributed by atoms with Crippen molar-refractivity contribution in [2.45, 2.75) is 45.1 Å². The van der Waals surface area contributed by atoms with E-state index in [9.17, 15) is 4.79 Å². The summed E-state index contributed by atoms with van der Waals surface area (Å²) in [6.45, 7) is 6.70. The molecule has 3 aliphatic rings. The number of fused-ring (bicyclic) bond motifs is 2. The normalized spacial score (nSPS) is 35.9. The third-order valence-corrected chi connectivity index (χ3v) is 6.52. The summed E-state index contributed by atoms with van der Waals surface area (Å²) >= 11 is 0. The van der Waals surface area contributed by atoms with Gasteiger partial charge in [0.2, 0.25) is 0 Å². The van der Waals surface area contributed by atoms with Crippen molar-refractivity contribution in [2.75, 3.05) is 7.11 Å². The SMILES string of the molecule is C=C1CCC[C@]2(C)C[C@H]3OC(=O)/C(=C\c4ccc(OC)cc4)[C@H]3C[C@@H]12. The van der Waals surface area contributed by atoms with Crippen LogP contribution in [0, 0.1) is 17.3 Å². The van der Waals surface area contributed by atoms with E-state index < -0.39 is 0 Å². The molecule has 25 heavy (non-hydrogen) atoms. The van der Waals surface area contributed by atoms with Gasteiger partial charge in [-0.1, -0.05) is 31.2 Å². The first-order valence-corrected chi connectivity index (χ1v) is 9.24. The fraction of sp³-hybridized carbons (Fsp3) is 0.500. The lowest BCUT2D eigenvalue weighted by atomic mass is 9.56. The van der Waals surface area contributed by atoms with Crippen LogP contribution >= 0.6 is 0 Å². The number of hydrogen-bond donors (Lipinski definition) is 0. The molecule has 0 unspecified atom stereocenters. The predicted molar refractivity (Wildman–Crippen MR) is 98.2 cm³/mol. The molecule has 0 spiro atoms. The van der Waals surface area contributed by atoms with E-state index in [2.05, 4.69) is 13.5 Å². The smallest absolute Gasteiger partial charge is 0.334 e. The molecule has 2 saturated carbocycles. The first-order valence-electron chi connectivity index (χ1n) is 9.24. The van der Waals surface area contributed by atoms with Crippen LogP contribution in [0.25, 0.3) is 6.08 Å². The Bertz CT molecular complexity index is 730. The minimum absolute atomic E-state index is 0.0316. The number of benzene rings is 1. The second-order valence-corrected chi connectivity index (χ2v) is 8.08. The third kappa shape index (κ3) is 2.80. The van der Waals surface area contributed by atoms with E-state index in [4.69, 9.17) is 9.47 Å². The lowest BCUT2D eigenvalue weighted by Crippen LogP contribution is -2.43. The van der Waals surface area contributed by atoms with Crippen molar-refractivity contribution in [3.8, 4) is 5.75 Å². The molecule has 3 heteroatoms. The monoisotopic (exact) mass is 338 g/mol. The van der Waals surface area contributed by atoms with Crippen molar-refractivity contribution >= 4 is 12.0 Å². The van der Waals surface area contributed by atoms with Gasteiger partial charge in [-0.2, -0.15) is 0 Å². The molecule has 1 aromatic rings. The molecule has 0 N–H and O–H groups in total. The van der Waals surface area contributed by atoms with Crippen molar-refractivity contribution in [1.29, 1.82) is 0 Å². The minimum Gasteiger partial charge on any atom is -0.497 e. The zero-order valence-corrected chi connectivity index (χ0v) is 15.1. The van der Waals surface area contributed by atoms with Gasteiger partial charge in [-0.3, -0.25) is 0 Å². The predicted octanol–water partition coefficient (Wildman–Crippen LogP) is 4.78. The van der Waals surface area contributed by atoms with Crippen molar-refractivity contribution in [2.24, 2.45) is 17.3 Å². The summed E-state index contributed by atoms with van der Waals surface area (Å²) in [6, 6.07) is 7.81. The number of allylic oxidation sites excluding steroid dienone is 1. The molecular weight excluding hydrogens is 312 g/mol. The maximum Gasteiger partial charge on any atom is 0.334 e. The Balaban J connectivity index is 1.63. The topological polar surface area (TPSA) is 35.5 Å². The van der Waals surface area contributed by atoms with E-state index in [1.807, 2.05) is 30.3 Å². The largest absolute Gasteiger partial charge is 0.497 e. The van der Waals surface area contributed by atoms with Crippen molar-refractivity contribution < 1.29 is 14.3 Å². The first kappa shape index (κ1) is 16.4. The number of esters is 1. The Morgan fingerprint density at radius 2 is 2.08 bits per heavy atom. The Kier molecular flexibility index (Phi) is 3.98. The second-order valence-electron chi connectivity index (χ2n) is 8.08. The molecule has 4 rings (SSSR count). The second kappa shape index (κ2) is 6.05. The Morgan fingerprint density at radius 3 is 2.80 bits per heavy atom. The molecular formula is C22H26O3. The molecule has 1 aliphatic heterocycles. The van der Waals surface area contributed by atoms with Crippen LogP contribution in [0.2, 0.25) is 0 Å². The van der Waals surface area contributed by atoms with Crippen LogP contribution in [0.5, 0.6) is 5.75 Å². The van der Waals surface area contributed by atoms with E-state index in [0.717, 1.165) is 36.1 Å². The molecule has 1 aromatic carbocycles. The van der Waals surface area contributed by atoms with Gasteiger partial charge >= 0.3 is 5.97 Å². The molecule has 132 valence electrons. The maximum atomic E-state index is 12.5. The number of ether oxygens (including phenoxy) is 2. The zero-order chi connectivity index (χ0) is 17.6. The van der Waals surface area contributed by atoms with Gasteiger partial charge in [-0.05, 0) is 67.2 Å². The fourth-order valence-corrected chi connectivity index (χ4v) is 5.12. The highest BCUT2D eigenvalue weighted by Gasteiger charge is 2.53. The Hall–Kier alpha value is -2.03. The van der Waals surface area contributed by atoms with E-state index >= 15 is 0 Å². The average molecular weight is 338 g/mol. The summed E-state index contributed by atoms with van der Waals surface area (Å²) in [5, 5.41) is 0. The maximum absolute atomic E-state index is 12.5. The van der Waals surface area contributed by atoms with Crippen LogP contribution in [0.15, 0.2) is 42.0 Å². The molecule has 3 fully saturated rings. The number of hydrogen-bond acceptors (Lipinski definition) is 3. The Labute approximate surface area is 149 Å². The number of carbonyl (C=O) groups is 1. The first-order chi connectivity index (χ1) is 12.0. The van der Waals surface area contributed by atoms with Gasteiger partial charge in [0.15, 0.2) is 0 Å². The number of carbonyl (C=O) groups excluding carboxylic acids is 1. The molecule has 2 aliphatic carbocycles. The minimum atomic E-state index is -0.140. The van der Waals surface area contributed by atoms with Crippen LogP contribution in [-0.2, 0) is 9.53 Å². The molecule has 0 aromatic heterocycles. The van der Waals surface area contributed by atoms with Crippen molar-refractivity contribution in [1.82, 2.24) is 0 Å². The molecule has 0 bridgehead atoms. The molecule has 4 atom stereocenters.